The number of carbonyl (C=O) groups excluding carboxylic acids is 1. The molecule has 0 N–H and O–H groups in total. The van der Waals surface area contributed by atoms with Gasteiger partial charge in [-0.05, 0) is 17.7 Å². The van der Waals surface area contributed by atoms with Crippen molar-refractivity contribution < 1.29 is 9.72 Å². The Bertz CT molecular complexity index is 496. The maximum atomic E-state index is 11.7. The Morgan fingerprint density at radius 1 is 1.47 bits per heavy atom. The maximum absolute atomic E-state index is 11.7. The standard InChI is InChI=1S/C12H12N2O3/c1-13-11-5-3-2-4-10(11)9(8-12(13)15)6-7-14(16)17/h2-7,9H,8H2,1H3/b7-6+/t9-/m1/s1. The van der Waals surface area contributed by atoms with Gasteiger partial charge in [-0.1, -0.05) is 18.2 Å². The van der Waals surface area contributed by atoms with Gasteiger partial charge in [0, 0.05) is 25.1 Å². The first-order valence-corrected chi connectivity index (χ1v) is 5.27. The molecule has 1 atom stereocenters. The number of nitrogens with zero attached hydrogens (tertiary/aromatic N) is 2. The van der Waals surface area contributed by atoms with E-state index in [0.717, 1.165) is 17.5 Å². The van der Waals surface area contributed by atoms with Crippen molar-refractivity contribution in [2.45, 2.75) is 12.3 Å². The third kappa shape index (κ3) is 2.18. The molecule has 5 nitrogen and oxygen atoms in total. The van der Waals surface area contributed by atoms with E-state index in [0.29, 0.717) is 0 Å². The van der Waals surface area contributed by atoms with Crippen LogP contribution in [-0.2, 0) is 4.79 Å². The van der Waals surface area contributed by atoms with Crippen LogP contribution in [0.15, 0.2) is 36.5 Å². The highest BCUT2D eigenvalue weighted by atomic mass is 16.6. The first kappa shape index (κ1) is 11.3. The Hall–Kier alpha value is -2.17. The lowest BCUT2D eigenvalue weighted by molar-refractivity contribution is -0.402. The largest absolute Gasteiger partial charge is 0.315 e. The van der Waals surface area contributed by atoms with Gasteiger partial charge in [0.15, 0.2) is 0 Å². The van der Waals surface area contributed by atoms with E-state index in [9.17, 15) is 14.9 Å². The molecule has 1 aliphatic rings. The molecular weight excluding hydrogens is 220 g/mol. The average molecular weight is 232 g/mol. The van der Waals surface area contributed by atoms with Gasteiger partial charge in [-0.3, -0.25) is 14.9 Å². The predicted molar refractivity (Wildman–Crippen MR) is 63.3 cm³/mol. The van der Waals surface area contributed by atoms with Crippen molar-refractivity contribution in [2.75, 3.05) is 11.9 Å². The van der Waals surface area contributed by atoms with Crippen LogP contribution in [0.25, 0.3) is 0 Å². The number of anilines is 1. The first-order valence-electron chi connectivity index (χ1n) is 5.27. The SMILES string of the molecule is CN1C(=O)C[C@@H](/C=C/[N+](=O)[O-])c2ccccc21. The number of hydrogen-bond acceptors (Lipinski definition) is 3. The lowest BCUT2D eigenvalue weighted by Crippen LogP contribution is -2.32. The minimum Gasteiger partial charge on any atom is -0.315 e. The van der Waals surface area contributed by atoms with Gasteiger partial charge in [-0.15, -0.1) is 0 Å². The van der Waals surface area contributed by atoms with E-state index in [1.165, 1.54) is 6.08 Å². The number of rotatable bonds is 2. The van der Waals surface area contributed by atoms with E-state index < -0.39 is 4.92 Å². The average Bonchev–Trinajstić information content (AvgIpc) is 2.32. The molecule has 0 spiro atoms. The summed E-state index contributed by atoms with van der Waals surface area (Å²) in [6, 6.07) is 7.46. The summed E-state index contributed by atoms with van der Waals surface area (Å²) < 4.78 is 0. The van der Waals surface area contributed by atoms with Crippen LogP contribution in [-0.4, -0.2) is 17.9 Å². The van der Waals surface area contributed by atoms with Gasteiger partial charge in [0.25, 0.3) is 0 Å². The monoisotopic (exact) mass is 232 g/mol. The quantitative estimate of drug-likeness (QED) is 0.578. The number of carbonyl (C=O) groups is 1. The zero-order valence-electron chi connectivity index (χ0n) is 9.37. The molecule has 0 saturated carbocycles. The highest BCUT2D eigenvalue weighted by molar-refractivity contribution is 5.96. The minimum absolute atomic E-state index is 0.0262. The molecular formula is C12H12N2O3. The van der Waals surface area contributed by atoms with Crippen molar-refractivity contribution in [1.82, 2.24) is 0 Å². The molecule has 0 saturated heterocycles. The van der Waals surface area contributed by atoms with Crippen LogP contribution >= 0.6 is 0 Å². The molecule has 1 aromatic rings. The Kier molecular flexibility index (Phi) is 2.91. The molecule has 0 aliphatic carbocycles. The molecule has 5 heteroatoms. The lowest BCUT2D eigenvalue weighted by atomic mass is 9.90. The molecule has 0 bridgehead atoms. The van der Waals surface area contributed by atoms with Crippen LogP contribution in [0.3, 0.4) is 0 Å². The van der Waals surface area contributed by atoms with Crippen molar-refractivity contribution >= 4 is 11.6 Å². The first-order chi connectivity index (χ1) is 8.09. The number of para-hydroxylation sites is 1. The molecule has 0 radical (unpaired) electrons. The molecule has 0 fully saturated rings. The number of hydrogen-bond donors (Lipinski definition) is 0. The number of amides is 1. The third-order valence-electron chi connectivity index (χ3n) is 2.91. The maximum Gasteiger partial charge on any atom is 0.231 e. The number of allylic oxidation sites excluding steroid dienone is 1. The Labute approximate surface area is 98.5 Å². The Morgan fingerprint density at radius 2 is 2.18 bits per heavy atom. The Balaban J connectivity index is 2.40. The fourth-order valence-electron chi connectivity index (χ4n) is 2.02. The molecule has 0 unspecified atom stereocenters. The van der Waals surface area contributed by atoms with Crippen LogP contribution in [0.2, 0.25) is 0 Å². The smallest absolute Gasteiger partial charge is 0.231 e. The van der Waals surface area contributed by atoms with Gasteiger partial charge in [-0.25, -0.2) is 0 Å². The number of fused-ring (bicyclic) bond motifs is 1. The summed E-state index contributed by atoms with van der Waals surface area (Å²) in [6.07, 6.45) is 2.65. The molecule has 1 aliphatic heterocycles. The summed E-state index contributed by atoms with van der Waals surface area (Å²) in [4.78, 5) is 23.1. The highest BCUT2D eigenvalue weighted by Crippen LogP contribution is 2.35. The van der Waals surface area contributed by atoms with E-state index in [-0.39, 0.29) is 18.2 Å². The summed E-state index contributed by atoms with van der Waals surface area (Å²) in [5.74, 6) is -0.234. The van der Waals surface area contributed by atoms with Crippen LogP contribution < -0.4 is 4.90 Å². The summed E-state index contributed by atoms with van der Waals surface area (Å²) in [6.45, 7) is 0. The molecule has 17 heavy (non-hydrogen) atoms. The number of benzene rings is 1. The van der Waals surface area contributed by atoms with Crippen LogP contribution in [0, 0.1) is 10.1 Å². The second-order valence-electron chi connectivity index (χ2n) is 3.95. The van der Waals surface area contributed by atoms with Crippen molar-refractivity contribution in [2.24, 2.45) is 0 Å². The highest BCUT2D eigenvalue weighted by Gasteiger charge is 2.27. The van der Waals surface area contributed by atoms with Gasteiger partial charge in [-0.2, -0.15) is 0 Å². The second-order valence-corrected chi connectivity index (χ2v) is 3.95. The van der Waals surface area contributed by atoms with Crippen molar-refractivity contribution in [1.29, 1.82) is 0 Å². The number of nitro groups is 1. The van der Waals surface area contributed by atoms with Crippen molar-refractivity contribution in [3.8, 4) is 0 Å². The third-order valence-corrected chi connectivity index (χ3v) is 2.91. The van der Waals surface area contributed by atoms with Crippen molar-refractivity contribution in [3.05, 3.63) is 52.2 Å². The summed E-state index contributed by atoms with van der Waals surface area (Å²) >= 11 is 0. The van der Waals surface area contributed by atoms with Gasteiger partial charge in [0.05, 0.1) is 4.92 Å². The molecule has 2 rings (SSSR count). The molecule has 1 heterocycles. The summed E-state index contributed by atoms with van der Waals surface area (Å²) in [5, 5.41) is 10.3. The zero-order valence-corrected chi connectivity index (χ0v) is 9.37. The van der Waals surface area contributed by atoms with E-state index in [1.54, 1.807) is 11.9 Å². The Morgan fingerprint density at radius 3 is 2.88 bits per heavy atom. The predicted octanol–water partition coefficient (Wildman–Crippen LogP) is 1.93. The normalized spacial score (nSPS) is 19.5. The fraction of sp³-hybridized carbons (Fsp3) is 0.250. The fourth-order valence-corrected chi connectivity index (χ4v) is 2.02. The zero-order chi connectivity index (χ0) is 12.4. The van der Waals surface area contributed by atoms with Crippen LogP contribution in [0.5, 0.6) is 0 Å². The van der Waals surface area contributed by atoms with Crippen LogP contribution in [0.4, 0.5) is 5.69 Å². The summed E-state index contributed by atoms with van der Waals surface area (Å²) in [7, 11) is 1.72. The molecule has 0 aromatic heterocycles. The molecule has 88 valence electrons. The van der Waals surface area contributed by atoms with E-state index in [4.69, 9.17) is 0 Å². The minimum atomic E-state index is -0.509. The van der Waals surface area contributed by atoms with E-state index >= 15 is 0 Å². The van der Waals surface area contributed by atoms with Crippen molar-refractivity contribution in [3.63, 3.8) is 0 Å². The van der Waals surface area contributed by atoms with Crippen LogP contribution in [0.1, 0.15) is 17.9 Å². The van der Waals surface area contributed by atoms with E-state index in [2.05, 4.69) is 0 Å². The molecule has 1 aromatic carbocycles. The van der Waals surface area contributed by atoms with Gasteiger partial charge in [0.2, 0.25) is 12.1 Å². The van der Waals surface area contributed by atoms with Gasteiger partial charge >= 0.3 is 0 Å². The topological polar surface area (TPSA) is 63.5 Å². The van der Waals surface area contributed by atoms with Gasteiger partial charge in [0.1, 0.15) is 0 Å². The van der Waals surface area contributed by atoms with E-state index in [1.807, 2.05) is 24.3 Å². The second kappa shape index (κ2) is 4.37. The summed E-state index contributed by atoms with van der Waals surface area (Å²) in [5.41, 5.74) is 1.77. The molecule has 1 amide bonds. The van der Waals surface area contributed by atoms with Gasteiger partial charge < -0.3 is 4.90 Å². The lowest BCUT2D eigenvalue weighted by Gasteiger charge is -2.29.